The molecule has 1 saturated carbocycles. The first kappa shape index (κ1) is 9.00. The number of ether oxygens (including phenoxy) is 1. The van der Waals surface area contributed by atoms with Gasteiger partial charge in [0.05, 0.1) is 6.10 Å². The number of benzene rings is 1. The van der Waals surface area contributed by atoms with Crippen LogP contribution in [0.4, 0.5) is 4.39 Å². The van der Waals surface area contributed by atoms with E-state index in [9.17, 15) is 4.39 Å². The molecule has 0 bridgehead atoms. The van der Waals surface area contributed by atoms with Crippen LogP contribution in [0.2, 0.25) is 0 Å². The summed E-state index contributed by atoms with van der Waals surface area (Å²) in [6.45, 7) is 0. The highest BCUT2D eigenvalue weighted by Gasteiger charge is 2.23. The normalized spacial score (nSPS) is 15.8. The van der Waals surface area contributed by atoms with Gasteiger partial charge in [0.2, 0.25) is 0 Å². The maximum atomic E-state index is 13.0. The van der Waals surface area contributed by atoms with E-state index in [0.717, 1.165) is 18.4 Å². The Morgan fingerprint density at radius 1 is 1.38 bits per heavy atom. The minimum absolute atomic E-state index is 0.229. The standard InChI is InChI=1S/C10H10BrFO/c11-6-7-3-8(12)5-10(4-7)13-9-1-2-9/h3-5,9H,1-2,6H2. The number of hydrogen-bond acceptors (Lipinski definition) is 1. The zero-order valence-corrected chi connectivity index (χ0v) is 8.68. The molecule has 1 aliphatic carbocycles. The summed E-state index contributed by atoms with van der Waals surface area (Å²) in [6.07, 6.45) is 2.52. The molecular formula is C10H10BrFO. The van der Waals surface area contributed by atoms with Gasteiger partial charge in [-0.25, -0.2) is 4.39 Å². The number of alkyl halides is 1. The highest BCUT2D eigenvalue weighted by molar-refractivity contribution is 9.08. The molecule has 1 aromatic carbocycles. The second-order valence-electron chi connectivity index (χ2n) is 3.25. The first-order valence-electron chi connectivity index (χ1n) is 4.30. The van der Waals surface area contributed by atoms with Gasteiger partial charge in [0.15, 0.2) is 0 Å². The van der Waals surface area contributed by atoms with Crippen molar-refractivity contribution < 1.29 is 9.13 Å². The van der Waals surface area contributed by atoms with Gasteiger partial charge >= 0.3 is 0 Å². The molecule has 0 N–H and O–H groups in total. The zero-order chi connectivity index (χ0) is 9.26. The van der Waals surface area contributed by atoms with Crippen LogP contribution >= 0.6 is 15.9 Å². The molecule has 0 aromatic heterocycles. The number of hydrogen-bond donors (Lipinski definition) is 0. The smallest absolute Gasteiger partial charge is 0.127 e. The molecule has 0 radical (unpaired) electrons. The van der Waals surface area contributed by atoms with Crippen LogP contribution in [0.1, 0.15) is 18.4 Å². The molecule has 13 heavy (non-hydrogen) atoms. The summed E-state index contributed by atoms with van der Waals surface area (Å²) in [4.78, 5) is 0. The van der Waals surface area contributed by atoms with Gasteiger partial charge in [0.1, 0.15) is 11.6 Å². The largest absolute Gasteiger partial charge is 0.490 e. The lowest BCUT2D eigenvalue weighted by Gasteiger charge is -2.05. The third-order valence-electron chi connectivity index (χ3n) is 1.91. The predicted molar refractivity (Wildman–Crippen MR) is 52.7 cm³/mol. The van der Waals surface area contributed by atoms with E-state index in [0.29, 0.717) is 17.2 Å². The first-order valence-corrected chi connectivity index (χ1v) is 5.42. The lowest BCUT2D eigenvalue weighted by atomic mass is 10.2. The average Bonchev–Trinajstić information content (AvgIpc) is 2.87. The van der Waals surface area contributed by atoms with Crippen molar-refractivity contribution in [3.05, 3.63) is 29.6 Å². The van der Waals surface area contributed by atoms with E-state index in [1.54, 1.807) is 0 Å². The molecule has 0 unspecified atom stereocenters. The minimum atomic E-state index is -0.229. The average molecular weight is 245 g/mol. The SMILES string of the molecule is Fc1cc(CBr)cc(OC2CC2)c1. The van der Waals surface area contributed by atoms with Gasteiger partial charge in [0.25, 0.3) is 0 Å². The Kier molecular flexibility index (Phi) is 2.54. The van der Waals surface area contributed by atoms with Gasteiger partial charge in [-0.1, -0.05) is 15.9 Å². The first-order chi connectivity index (χ1) is 6.28. The molecule has 70 valence electrons. The van der Waals surface area contributed by atoms with Gasteiger partial charge in [-0.3, -0.25) is 0 Å². The fourth-order valence-electron chi connectivity index (χ4n) is 1.14. The summed E-state index contributed by atoms with van der Waals surface area (Å²) in [6, 6.07) is 4.81. The van der Waals surface area contributed by atoms with Crippen molar-refractivity contribution in [2.75, 3.05) is 0 Å². The zero-order valence-electron chi connectivity index (χ0n) is 7.09. The summed E-state index contributed by atoms with van der Waals surface area (Å²) in [7, 11) is 0. The van der Waals surface area contributed by atoms with Crippen molar-refractivity contribution in [1.29, 1.82) is 0 Å². The fraction of sp³-hybridized carbons (Fsp3) is 0.400. The molecule has 0 spiro atoms. The lowest BCUT2D eigenvalue weighted by Crippen LogP contribution is -1.97. The molecule has 1 aliphatic rings. The molecule has 2 rings (SSSR count). The van der Waals surface area contributed by atoms with Gasteiger partial charge in [-0.05, 0) is 30.5 Å². The van der Waals surface area contributed by atoms with Gasteiger partial charge in [0, 0.05) is 11.4 Å². The summed E-state index contributed by atoms with van der Waals surface area (Å²) in [5.41, 5.74) is 0.913. The maximum Gasteiger partial charge on any atom is 0.127 e. The van der Waals surface area contributed by atoms with Crippen LogP contribution in [0.3, 0.4) is 0 Å². The number of rotatable bonds is 3. The molecule has 1 fully saturated rings. The fourth-order valence-corrected chi connectivity index (χ4v) is 1.47. The summed E-state index contributed by atoms with van der Waals surface area (Å²) < 4.78 is 18.5. The second kappa shape index (κ2) is 3.66. The van der Waals surface area contributed by atoms with E-state index >= 15 is 0 Å². The molecule has 3 heteroatoms. The Labute approximate surface area is 85.0 Å². The van der Waals surface area contributed by atoms with Crippen molar-refractivity contribution in [3.63, 3.8) is 0 Å². The Morgan fingerprint density at radius 3 is 2.77 bits per heavy atom. The van der Waals surface area contributed by atoms with E-state index in [1.165, 1.54) is 12.1 Å². The Balaban J connectivity index is 2.17. The molecule has 0 atom stereocenters. The van der Waals surface area contributed by atoms with E-state index in [-0.39, 0.29) is 5.82 Å². The summed E-state index contributed by atoms with van der Waals surface area (Å²) in [5, 5.41) is 0.659. The van der Waals surface area contributed by atoms with Crippen LogP contribution in [-0.2, 0) is 5.33 Å². The van der Waals surface area contributed by atoms with E-state index in [2.05, 4.69) is 15.9 Å². The molecule has 1 aromatic rings. The van der Waals surface area contributed by atoms with Gasteiger partial charge in [-0.15, -0.1) is 0 Å². The Hall–Kier alpha value is -0.570. The monoisotopic (exact) mass is 244 g/mol. The van der Waals surface area contributed by atoms with Crippen molar-refractivity contribution in [1.82, 2.24) is 0 Å². The van der Waals surface area contributed by atoms with Crippen LogP contribution in [-0.4, -0.2) is 6.10 Å². The Bertz CT molecular complexity index is 310. The van der Waals surface area contributed by atoms with Crippen LogP contribution < -0.4 is 4.74 Å². The third-order valence-corrected chi connectivity index (χ3v) is 2.56. The predicted octanol–water partition coefficient (Wildman–Crippen LogP) is 3.26. The van der Waals surface area contributed by atoms with E-state index < -0.39 is 0 Å². The molecule has 0 amide bonds. The molecular weight excluding hydrogens is 235 g/mol. The van der Waals surface area contributed by atoms with Crippen LogP contribution in [0, 0.1) is 5.82 Å². The van der Waals surface area contributed by atoms with Gasteiger partial charge < -0.3 is 4.74 Å². The van der Waals surface area contributed by atoms with E-state index in [4.69, 9.17) is 4.74 Å². The quantitative estimate of drug-likeness (QED) is 0.742. The minimum Gasteiger partial charge on any atom is -0.490 e. The Morgan fingerprint density at radius 2 is 2.15 bits per heavy atom. The second-order valence-corrected chi connectivity index (χ2v) is 3.81. The van der Waals surface area contributed by atoms with E-state index in [1.807, 2.05) is 6.07 Å². The topological polar surface area (TPSA) is 9.23 Å². The third kappa shape index (κ3) is 2.44. The van der Waals surface area contributed by atoms with Crippen molar-refractivity contribution >= 4 is 15.9 Å². The molecule has 0 aliphatic heterocycles. The van der Waals surface area contributed by atoms with Crippen LogP contribution in [0.5, 0.6) is 5.75 Å². The highest BCUT2D eigenvalue weighted by Crippen LogP contribution is 2.28. The highest BCUT2D eigenvalue weighted by atomic mass is 79.9. The molecule has 0 heterocycles. The van der Waals surface area contributed by atoms with Crippen molar-refractivity contribution in [2.45, 2.75) is 24.3 Å². The van der Waals surface area contributed by atoms with Crippen LogP contribution in [0.25, 0.3) is 0 Å². The molecule has 1 nitrogen and oxygen atoms in total. The van der Waals surface area contributed by atoms with Gasteiger partial charge in [-0.2, -0.15) is 0 Å². The summed E-state index contributed by atoms with van der Waals surface area (Å²) in [5.74, 6) is 0.421. The van der Waals surface area contributed by atoms with Crippen molar-refractivity contribution in [3.8, 4) is 5.75 Å². The molecule has 0 saturated heterocycles. The summed E-state index contributed by atoms with van der Waals surface area (Å²) >= 11 is 3.29. The number of halogens is 2. The van der Waals surface area contributed by atoms with Crippen LogP contribution in [0.15, 0.2) is 18.2 Å². The lowest BCUT2D eigenvalue weighted by molar-refractivity contribution is 0.301. The van der Waals surface area contributed by atoms with Crippen molar-refractivity contribution in [2.24, 2.45) is 0 Å². The maximum absolute atomic E-state index is 13.0.